The molecule has 1 fully saturated rings. The third-order valence-corrected chi connectivity index (χ3v) is 4.95. The summed E-state index contributed by atoms with van der Waals surface area (Å²) in [6, 6.07) is 0. The van der Waals surface area contributed by atoms with Crippen LogP contribution in [0.3, 0.4) is 0 Å². The molecule has 1 aliphatic carbocycles. The van der Waals surface area contributed by atoms with E-state index in [2.05, 4.69) is 29.8 Å². The van der Waals surface area contributed by atoms with Crippen molar-refractivity contribution in [1.29, 1.82) is 0 Å². The van der Waals surface area contributed by atoms with Gasteiger partial charge in [0, 0.05) is 5.33 Å². The molecule has 76 valence electrons. The maximum absolute atomic E-state index is 11.4. The predicted molar refractivity (Wildman–Crippen MR) is 57.6 cm³/mol. The number of rotatable bonds is 2. The van der Waals surface area contributed by atoms with Gasteiger partial charge in [-0.2, -0.15) is 0 Å². The maximum Gasteiger partial charge on any atom is 0.223 e. The fourth-order valence-electron chi connectivity index (χ4n) is 2.31. The van der Waals surface area contributed by atoms with Crippen molar-refractivity contribution in [3.63, 3.8) is 0 Å². The monoisotopic (exact) mass is 247 g/mol. The highest BCUT2D eigenvalue weighted by Gasteiger charge is 2.54. The minimum Gasteiger partial charge on any atom is -0.369 e. The Morgan fingerprint density at radius 1 is 1.54 bits per heavy atom. The zero-order chi connectivity index (χ0) is 10.3. The van der Waals surface area contributed by atoms with Crippen molar-refractivity contribution >= 4 is 21.8 Å². The summed E-state index contributed by atoms with van der Waals surface area (Å²) in [5.74, 6) is 0.408. The van der Waals surface area contributed by atoms with Crippen LogP contribution in [0.15, 0.2) is 0 Å². The number of primary amides is 1. The molecule has 13 heavy (non-hydrogen) atoms. The first kappa shape index (κ1) is 11.0. The Kier molecular flexibility index (Phi) is 2.77. The minimum atomic E-state index is -0.328. The lowest BCUT2D eigenvalue weighted by Gasteiger charge is -2.38. The summed E-state index contributed by atoms with van der Waals surface area (Å²) in [5.41, 5.74) is 5.16. The summed E-state index contributed by atoms with van der Waals surface area (Å²) in [6.45, 7) is 6.30. The van der Waals surface area contributed by atoms with Crippen molar-refractivity contribution in [2.24, 2.45) is 22.5 Å². The highest BCUT2D eigenvalue weighted by atomic mass is 79.9. The maximum atomic E-state index is 11.4. The van der Waals surface area contributed by atoms with E-state index in [1.807, 2.05) is 6.92 Å². The van der Waals surface area contributed by atoms with E-state index in [9.17, 15) is 4.79 Å². The highest BCUT2D eigenvalue weighted by Crippen LogP contribution is 2.56. The molecule has 0 aromatic rings. The van der Waals surface area contributed by atoms with Crippen molar-refractivity contribution < 1.29 is 4.79 Å². The average Bonchev–Trinajstić information content (AvgIpc) is 2.25. The third-order valence-electron chi connectivity index (χ3n) is 4.17. The van der Waals surface area contributed by atoms with Crippen LogP contribution < -0.4 is 5.73 Å². The van der Waals surface area contributed by atoms with E-state index in [1.165, 1.54) is 0 Å². The first-order valence-electron chi connectivity index (χ1n) is 4.72. The summed E-state index contributed by atoms with van der Waals surface area (Å²) in [4.78, 5) is 11.4. The van der Waals surface area contributed by atoms with Crippen LogP contribution in [0, 0.1) is 16.7 Å². The van der Waals surface area contributed by atoms with Crippen molar-refractivity contribution in [2.75, 3.05) is 5.33 Å². The van der Waals surface area contributed by atoms with E-state index in [1.54, 1.807) is 0 Å². The molecule has 0 bridgehead atoms. The Morgan fingerprint density at radius 3 is 2.31 bits per heavy atom. The van der Waals surface area contributed by atoms with E-state index in [-0.39, 0.29) is 16.7 Å². The van der Waals surface area contributed by atoms with Gasteiger partial charge in [-0.3, -0.25) is 4.79 Å². The Hall–Kier alpha value is -0.0500. The van der Waals surface area contributed by atoms with Crippen molar-refractivity contribution in [3.8, 4) is 0 Å². The number of carbonyl (C=O) groups excluding carboxylic acids is 1. The molecule has 0 heterocycles. The van der Waals surface area contributed by atoms with Gasteiger partial charge in [0.1, 0.15) is 0 Å². The lowest BCUT2D eigenvalue weighted by molar-refractivity contribution is -0.132. The van der Waals surface area contributed by atoms with Gasteiger partial charge in [0.2, 0.25) is 5.91 Å². The Bertz CT molecular complexity index is 227. The molecular formula is C10H18BrNO. The number of nitrogens with two attached hydrogens (primary N) is 1. The van der Waals surface area contributed by atoms with Crippen molar-refractivity contribution in [2.45, 2.75) is 33.6 Å². The molecule has 2 nitrogen and oxygen atoms in total. The second kappa shape index (κ2) is 3.26. The first-order valence-corrected chi connectivity index (χ1v) is 5.84. The summed E-state index contributed by atoms with van der Waals surface area (Å²) in [7, 11) is 0. The van der Waals surface area contributed by atoms with Gasteiger partial charge in [0.05, 0.1) is 5.41 Å². The smallest absolute Gasteiger partial charge is 0.223 e. The number of halogens is 1. The SMILES string of the molecule is CC1(C)[C@@H](CBr)CC[C@@]1(C)C(N)=O. The second-order valence-electron chi connectivity index (χ2n) is 4.81. The Labute approximate surface area is 88.4 Å². The van der Waals surface area contributed by atoms with Gasteiger partial charge in [-0.05, 0) is 24.2 Å². The van der Waals surface area contributed by atoms with Crippen LogP contribution in [-0.4, -0.2) is 11.2 Å². The van der Waals surface area contributed by atoms with Crippen LogP contribution in [0.25, 0.3) is 0 Å². The molecule has 2 N–H and O–H groups in total. The van der Waals surface area contributed by atoms with Crippen LogP contribution in [0.5, 0.6) is 0 Å². The van der Waals surface area contributed by atoms with Crippen molar-refractivity contribution in [1.82, 2.24) is 0 Å². The predicted octanol–water partition coefficient (Wildman–Crippen LogP) is 2.31. The van der Waals surface area contributed by atoms with E-state index < -0.39 is 0 Å². The molecule has 0 radical (unpaired) electrons. The fourth-order valence-corrected chi connectivity index (χ4v) is 3.44. The van der Waals surface area contributed by atoms with Gasteiger partial charge < -0.3 is 5.73 Å². The second-order valence-corrected chi connectivity index (χ2v) is 5.46. The molecule has 0 aliphatic heterocycles. The zero-order valence-electron chi connectivity index (χ0n) is 8.56. The van der Waals surface area contributed by atoms with Gasteiger partial charge in [0.25, 0.3) is 0 Å². The average molecular weight is 248 g/mol. The largest absolute Gasteiger partial charge is 0.369 e. The third kappa shape index (κ3) is 1.41. The molecule has 1 amide bonds. The van der Waals surface area contributed by atoms with Gasteiger partial charge >= 0.3 is 0 Å². The summed E-state index contributed by atoms with van der Waals surface area (Å²) < 4.78 is 0. The summed E-state index contributed by atoms with van der Waals surface area (Å²) >= 11 is 3.50. The molecule has 2 atom stereocenters. The van der Waals surface area contributed by atoms with Gasteiger partial charge in [0.15, 0.2) is 0 Å². The number of amides is 1. The highest BCUT2D eigenvalue weighted by molar-refractivity contribution is 9.09. The number of hydrogen-bond acceptors (Lipinski definition) is 1. The standard InChI is InChI=1S/C10H18BrNO/c1-9(2)7(6-11)4-5-10(9,3)8(12)13/h7H,4-6H2,1-3H3,(H2,12,13)/t7-,10+/m1/s1. The lowest BCUT2D eigenvalue weighted by Crippen LogP contribution is -2.44. The zero-order valence-corrected chi connectivity index (χ0v) is 10.1. The van der Waals surface area contributed by atoms with Crippen LogP contribution in [0.1, 0.15) is 33.6 Å². The Balaban J connectivity index is 2.99. The molecule has 0 aromatic carbocycles. The van der Waals surface area contributed by atoms with Crippen LogP contribution >= 0.6 is 15.9 Å². The van der Waals surface area contributed by atoms with E-state index >= 15 is 0 Å². The van der Waals surface area contributed by atoms with Gasteiger partial charge in [-0.15, -0.1) is 0 Å². The van der Waals surface area contributed by atoms with Crippen molar-refractivity contribution in [3.05, 3.63) is 0 Å². The molecule has 0 spiro atoms. The number of carbonyl (C=O) groups is 1. The lowest BCUT2D eigenvalue weighted by atomic mass is 9.66. The molecule has 0 unspecified atom stereocenters. The molecule has 0 aromatic heterocycles. The van der Waals surface area contributed by atoms with Crippen LogP contribution in [-0.2, 0) is 4.79 Å². The van der Waals surface area contributed by atoms with E-state index in [0.29, 0.717) is 5.92 Å². The first-order chi connectivity index (χ1) is 5.86. The summed E-state index contributed by atoms with van der Waals surface area (Å²) in [6.07, 6.45) is 2.02. The molecule has 1 saturated carbocycles. The van der Waals surface area contributed by atoms with Gasteiger partial charge in [-0.1, -0.05) is 36.7 Å². The fraction of sp³-hybridized carbons (Fsp3) is 0.900. The molecule has 1 rings (SSSR count). The normalized spacial score (nSPS) is 37.7. The topological polar surface area (TPSA) is 43.1 Å². The van der Waals surface area contributed by atoms with E-state index in [0.717, 1.165) is 18.2 Å². The minimum absolute atomic E-state index is 0.0162. The van der Waals surface area contributed by atoms with E-state index in [4.69, 9.17) is 5.73 Å². The molecular weight excluding hydrogens is 230 g/mol. The number of hydrogen-bond donors (Lipinski definition) is 1. The quantitative estimate of drug-likeness (QED) is 0.748. The molecule has 3 heteroatoms. The summed E-state index contributed by atoms with van der Waals surface area (Å²) in [5, 5.41) is 0.961. The van der Waals surface area contributed by atoms with Crippen LogP contribution in [0.4, 0.5) is 0 Å². The molecule has 0 saturated heterocycles. The number of alkyl halides is 1. The molecule has 1 aliphatic rings. The van der Waals surface area contributed by atoms with Crippen LogP contribution in [0.2, 0.25) is 0 Å². The Morgan fingerprint density at radius 2 is 2.08 bits per heavy atom. The van der Waals surface area contributed by atoms with Gasteiger partial charge in [-0.25, -0.2) is 0 Å².